The highest BCUT2D eigenvalue weighted by Gasteiger charge is 2.26. The lowest BCUT2D eigenvalue weighted by atomic mass is 9.90. The number of hydrogen-bond acceptors (Lipinski definition) is 5. The van der Waals surface area contributed by atoms with E-state index in [0.29, 0.717) is 17.7 Å². The number of hydrogen-bond donors (Lipinski definition) is 1. The second kappa shape index (κ2) is 6.12. The summed E-state index contributed by atoms with van der Waals surface area (Å²) in [4.78, 5) is 2.47. The maximum atomic E-state index is 6.18. The predicted molar refractivity (Wildman–Crippen MR) is 80.8 cm³/mol. The number of likely N-dealkylation sites (tertiary alicyclic amines) is 1. The number of ether oxygens (including phenoxy) is 3. The predicted octanol–water partition coefficient (Wildman–Crippen LogP) is 1.98. The van der Waals surface area contributed by atoms with Gasteiger partial charge in [0.1, 0.15) is 0 Å². The fourth-order valence-corrected chi connectivity index (χ4v) is 3.23. The van der Waals surface area contributed by atoms with Crippen LogP contribution in [0.3, 0.4) is 0 Å². The van der Waals surface area contributed by atoms with E-state index in [0.717, 1.165) is 44.0 Å². The molecule has 0 spiro atoms. The van der Waals surface area contributed by atoms with E-state index in [9.17, 15) is 0 Å². The van der Waals surface area contributed by atoms with Gasteiger partial charge in [-0.25, -0.2) is 0 Å². The summed E-state index contributed by atoms with van der Waals surface area (Å²) in [7, 11) is 1.66. The quantitative estimate of drug-likeness (QED) is 0.919. The summed E-state index contributed by atoms with van der Waals surface area (Å²) >= 11 is 0. The summed E-state index contributed by atoms with van der Waals surface area (Å²) < 4.78 is 16.3. The monoisotopic (exact) mass is 292 g/mol. The van der Waals surface area contributed by atoms with E-state index in [1.807, 2.05) is 6.07 Å². The Kier molecular flexibility index (Phi) is 4.22. The van der Waals surface area contributed by atoms with Gasteiger partial charge in [-0.05, 0) is 36.6 Å². The SMILES string of the molecule is CCC1CN(Cc2cc(OC)c3c(c2)OCO3)CCC1N. The summed E-state index contributed by atoms with van der Waals surface area (Å²) in [6.45, 7) is 5.50. The Morgan fingerprint density at radius 3 is 3.00 bits per heavy atom. The Morgan fingerprint density at radius 2 is 2.24 bits per heavy atom. The first-order valence-corrected chi connectivity index (χ1v) is 7.65. The minimum atomic E-state index is 0.269. The number of methoxy groups -OCH3 is 1. The van der Waals surface area contributed by atoms with Crippen molar-refractivity contribution < 1.29 is 14.2 Å². The second-order valence-electron chi connectivity index (χ2n) is 5.89. The van der Waals surface area contributed by atoms with Gasteiger partial charge < -0.3 is 19.9 Å². The van der Waals surface area contributed by atoms with Gasteiger partial charge in [-0.1, -0.05) is 13.3 Å². The molecule has 2 unspecified atom stereocenters. The van der Waals surface area contributed by atoms with Crippen molar-refractivity contribution in [2.75, 3.05) is 27.0 Å². The number of piperidine rings is 1. The van der Waals surface area contributed by atoms with Crippen LogP contribution >= 0.6 is 0 Å². The smallest absolute Gasteiger partial charge is 0.231 e. The van der Waals surface area contributed by atoms with Gasteiger partial charge >= 0.3 is 0 Å². The fraction of sp³-hybridized carbons (Fsp3) is 0.625. The van der Waals surface area contributed by atoms with Crippen LogP contribution in [0, 0.1) is 5.92 Å². The molecule has 5 heteroatoms. The summed E-state index contributed by atoms with van der Waals surface area (Å²) in [6.07, 6.45) is 2.21. The third-order valence-corrected chi connectivity index (χ3v) is 4.53. The molecular weight excluding hydrogens is 268 g/mol. The molecule has 2 aliphatic heterocycles. The molecule has 2 N–H and O–H groups in total. The van der Waals surface area contributed by atoms with Gasteiger partial charge in [0.05, 0.1) is 7.11 Å². The summed E-state index contributed by atoms with van der Waals surface area (Å²) in [5.41, 5.74) is 7.38. The highest BCUT2D eigenvalue weighted by molar-refractivity contribution is 5.55. The van der Waals surface area contributed by atoms with Gasteiger partial charge in [0, 0.05) is 19.1 Å². The van der Waals surface area contributed by atoms with Gasteiger partial charge in [0.15, 0.2) is 11.5 Å². The van der Waals surface area contributed by atoms with Crippen molar-refractivity contribution in [3.63, 3.8) is 0 Å². The average molecular weight is 292 g/mol. The van der Waals surface area contributed by atoms with Crippen molar-refractivity contribution in [1.82, 2.24) is 4.90 Å². The van der Waals surface area contributed by atoms with Gasteiger partial charge in [0.2, 0.25) is 12.5 Å². The van der Waals surface area contributed by atoms with Gasteiger partial charge in [-0.3, -0.25) is 4.90 Å². The van der Waals surface area contributed by atoms with Crippen LogP contribution in [0.15, 0.2) is 12.1 Å². The number of nitrogens with zero attached hydrogens (tertiary/aromatic N) is 1. The van der Waals surface area contributed by atoms with Crippen LogP contribution in [0.4, 0.5) is 0 Å². The standard InChI is InChI=1S/C16H24N2O3/c1-3-12-9-18(5-4-13(12)17)8-11-6-14(19-2)16-15(7-11)20-10-21-16/h6-7,12-13H,3-5,8-10,17H2,1-2H3. The lowest BCUT2D eigenvalue weighted by Gasteiger charge is -2.36. The Bertz CT molecular complexity index is 507. The summed E-state index contributed by atoms with van der Waals surface area (Å²) in [6, 6.07) is 4.45. The number of nitrogens with two attached hydrogens (primary N) is 1. The van der Waals surface area contributed by atoms with E-state index >= 15 is 0 Å². The zero-order valence-corrected chi connectivity index (χ0v) is 12.8. The zero-order chi connectivity index (χ0) is 14.8. The highest BCUT2D eigenvalue weighted by Crippen LogP contribution is 2.42. The minimum absolute atomic E-state index is 0.269. The topological polar surface area (TPSA) is 57.0 Å². The summed E-state index contributed by atoms with van der Waals surface area (Å²) in [5.74, 6) is 2.84. The Balaban J connectivity index is 1.73. The number of benzene rings is 1. The molecule has 1 aromatic rings. The van der Waals surface area contributed by atoms with E-state index < -0.39 is 0 Å². The molecule has 2 aliphatic rings. The molecule has 1 fully saturated rings. The largest absolute Gasteiger partial charge is 0.493 e. The molecule has 1 aromatic carbocycles. The van der Waals surface area contributed by atoms with E-state index in [2.05, 4.69) is 17.9 Å². The van der Waals surface area contributed by atoms with E-state index in [1.54, 1.807) is 7.11 Å². The van der Waals surface area contributed by atoms with Crippen molar-refractivity contribution in [3.05, 3.63) is 17.7 Å². The average Bonchev–Trinajstić information content (AvgIpc) is 2.96. The molecule has 3 rings (SSSR count). The fourth-order valence-electron chi connectivity index (χ4n) is 3.23. The van der Waals surface area contributed by atoms with Crippen LogP contribution in [0.25, 0.3) is 0 Å². The third-order valence-electron chi connectivity index (χ3n) is 4.53. The van der Waals surface area contributed by atoms with Gasteiger partial charge in [0.25, 0.3) is 0 Å². The lowest BCUT2D eigenvalue weighted by Crippen LogP contribution is -2.46. The van der Waals surface area contributed by atoms with Gasteiger partial charge in [-0.15, -0.1) is 0 Å². The Hall–Kier alpha value is -1.46. The second-order valence-corrected chi connectivity index (χ2v) is 5.89. The van der Waals surface area contributed by atoms with Crippen LogP contribution in [0.2, 0.25) is 0 Å². The van der Waals surface area contributed by atoms with Gasteiger partial charge in [-0.2, -0.15) is 0 Å². The molecular formula is C16H24N2O3. The molecule has 2 heterocycles. The molecule has 0 radical (unpaired) electrons. The molecule has 0 aliphatic carbocycles. The van der Waals surface area contributed by atoms with Crippen molar-refractivity contribution >= 4 is 0 Å². The molecule has 5 nitrogen and oxygen atoms in total. The Morgan fingerprint density at radius 1 is 1.38 bits per heavy atom. The maximum absolute atomic E-state index is 6.18. The normalized spacial score (nSPS) is 25.1. The van der Waals surface area contributed by atoms with Crippen LogP contribution in [0.5, 0.6) is 17.2 Å². The lowest BCUT2D eigenvalue weighted by molar-refractivity contribution is 0.145. The van der Waals surface area contributed by atoms with Crippen LogP contribution in [-0.4, -0.2) is 37.9 Å². The molecule has 0 saturated carbocycles. The van der Waals surface area contributed by atoms with Crippen molar-refractivity contribution in [3.8, 4) is 17.2 Å². The first kappa shape index (κ1) is 14.5. The highest BCUT2D eigenvalue weighted by atomic mass is 16.7. The zero-order valence-electron chi connectivity index (χ0n) is 12.8. The molecule has 0 bridgehead atoms. The molecule has 1 saturated heterocycles. The van der Waals surface area contributed by atoms with E-state index in [-0.39, 0.29) is 6.79 Å². The van der Waals surface area contributed by atoms with Crippen LogP contribution < -0.4 is 19.9 Å². The molecule has 21 heavy (non-hydrogen) atoms. The molecule has 0 aromatic heterocycles. The van der Waals surface area contributed by atoms with E-state index in [1.165, 1.54) is 5.56 Å². The number of fused-ring (bicyclic) bond motifs is 1. The van der Waals surface area contributed by atoms with Crippen molar-refractivity contribution in [2.45, 2.75) is 32.4 Å². The summed E-state index contributed by atoms with van der Waals surface area (Å²) in [5, 5.41) is 0. The first-order chi connectivity index (χ1) is 10.2. The van der Waals surface area contributed by atoms with Crippen LogP contribution in [-0.2, 0) is 6.54 Å². The third kappa shape index (κ3) is 2.94. The molecule has 0 amide bonds. The van der Waals surface area contributed by atoms with E-state index in [4.69, 9.17) is 19.9 Å². The molecule has 116 valence electrons. The molecule has 2 atom stereocenters. The van der Waals surface area contributed by atoms with Crippen LogP contribution in [0.1, 0.15) is 25.3 Å². The van der Waals surface area contributed by atoms with Crippen molar-refractivity contribution in [2.24, 2.45) is 11.7 Å². The first-order valence-electron chi connectivity index (χ1n) is 7.65. The minimum Gasteiger partial charge on any atom is -0.493 e. The Labute approximate surface area is 126 Å². The number of rotatable bonds is 4. The van der Waals surface area contributed by atoms with Crippen molar-refractivity contribution in [1.29, 1.82) is 0 Å². The maximum Gasteiger partial charge on any atom is 0.231 e.